The van der Waals surface area contributed by atoms with Gasteiger partial charge in [-0.25, -0.2) is 4.79 Å². The molecule has 22 heavy (non-hydrogen) atoms. The third-order valence-corrected chi connectivity index (χ3v) is 3.22. The highest BCUT2D eigenvalue weighted by Gasteiger charge is 2.07. The number of anilines is 1. The number of hydrogen-bond donors (Lipinski definition) is 3. The van der Waals surface area contributed by atoms with Crippen molar-refractivity contribution in [2.75, 3.05) is 11.9 Å². The molecule has 2 aromatic rings. The largest absolute Gasteiger partial charge is 0.444 e. The van der Waals surface area contributed by atoms with Gasteiger partial charge >= 0.3 is 6.09 Å². The van der Waals surface area contributed by atoms with E-state index < -0.39 is 6.09 Å². The van der Waals surface area contributed by atoms with Crippen LogP contribution in [0, 0.1) is 0 Å². The zero-order chi connectivity index (χ0) is 15.8. The molecule has 0 fully saturated rings. The Morgan fingerprint density at radius 3 is 2.50 bits per heavy atom. The maximum Gasteiger partial charge on any atom is 0.411 e. The molecule has 0 aromatic heterocycles. The van der Waals surface area contributed by atoms with Crippen molar-refractivity contribution in [2.45, 2.75) is 19.6 Å². The molecule has 5 heteroatoms. The Morgan fingerprint density at radius 1 is 1.05 bits per heavy atom. The molecule has 0 saturated heterocycles. The van der Waals surface area contributed by atoms with E-state index in [1.54, 1.807) is 18.2 Å². The predicted octanol–water partition coefficient (Wildman–Crippen LogP) is 2.46. The molecular formula is C17H19NO4. The lowest BCUT2D eigenvalue weighted by Gasteiger charge is -2.11. The first kappa shape index (κ1) is 16.0. The average molecular weight is 301 g/mol. The van der Waals surface area contributed by atoms with Crippen molar-refractivity contribution in [1.29, 1.82) is 0 Å². The normalized spacial score (nSPS) is 10.3. The Balaban J connectivity index is 1.93. The van der Waals surface area contributed by atoms with Crippen molar-refractivity contribution in [3.05, 3.63) is 65.2 Å². The van der Waals surface area contributed by atoms with E-state index in [9.17, 15) is 9.90 Å². The molecule has 3 N–H and O–H groups in total. The minimum absolute atomic E-state index is 0.0128. The van der Waals surface area contributed by atoms with Crippen LogP contribution in [0.1, 0.15) is 16.7 Å². The Morgan fingerprint density at radius 2 is 1.82 bits per heavy atom. The van der Waals surface area contributed by atoms with Crippen molar-refractivity contribution in [2.24, 2.45) is 0 Å². The Kier molecular flexibility index (Phi) is 5.94. The number of aliphatic hydroxyl groups is 2. The summed E-state index contributed by atoms with van der Waals surface area (Å²) in [6.45, 7) is 0.0605. The van der Waals surface area contributed by atoms with E-state index >= 15 is 0 Å². The fourth-order valence-corrected chi connectivity index (χ4v) is 2.09. The second kappa shape index (κ2) is 8.17. The molecule has 2 rings (SSSR count). The Labute approximate surface area is 129 Å². The number of amides is 1. The van der Waals surface area contributed by atoms with Crippen LogP contribution < -0.4 is 5.32 Å². The first-order valence-corrected chi connectivity index (χ1v) is 7.04. The maximum absolute atomic E-state index is 11.8. The lowest BCUT2D eigenvalue weighted by atomic mass is 10.0. The summed E-state index contributed by atoms with van der Waals surface area (Å²) in [7, 11) is 0. The summed E-state index contributed by atoms with van der Waals surface area (Å²) >= 11 is 0. The molecule has 5 nitrogen and oxygen atoms in total. The predicted molar refractivity (Wildman–Crippen MR) is 83.4 cm³/mol. The quantitative estimate of drug-likeness (QED) is 0.766. The summed E-state index contributed by atoms with van der Waals surface area (Å²) in [5.74, 6) is 0. The molecule has 0 aliphatic heterocycles. The minimum Gasteiger partial charge on any atom is -0.444 e. The van der Waals surface area contributed by atoms with E-state index in [4.69, 9.17) is 9.84 Å². The number of carbonyl (C=O) groups excluding carboxylic acids is 1. The van der Waals surface area contributed by atoms with Crippen LogP contribution in [-0.4, -0.2) is 22.9 Å². The molecule has 0 spiro atoms. The smallest absolute Gasteiger partial charge is 0.411 e. The summed E-state index contributed by atoms with van der Waals surface area (Å²) in [5.41, 5.74) is 2.99. The van der Waals surface area contributed by atoms with Crippen LogP contribution in [0.2, 0.25) is 0 Å². The molecule has 0 atom stereocenters. The summed E-state index contributed by atoms with van der Waals surface area (Å²) in [5, 5.41) is 20.9. The van der Waals surface area contributed by atoms with Crippen molar-refractivity contribution in [3.63, 3.8) is 0 Å². The molecule has 0 bridgehead atoms. The summed E-state index contributed by atoms with van der Waals surface area (Å²) in [6.07, 6.45) is -0.0862. The van der Waals surface area contributed by atoms with Crippen LogP contribution >= 0.6 is 0 Å². The van der Waals surface area contributed by atoms with E-state index in [0.717, 1.165) is 11.1 Å². The van der Waals surface area contributed by atoms with E-state index in [2.05, 4.69) is 5.32 Å². The van der Waals surface area contributed by atoms with Crippen molar-refractivity contribution in [1.82, 2.24) is 0 Å². The molecular weight excluding hydrogens is 282 g/mol. The molecule has 1 amide bonds. The number of carbonyl (C=O) groups is 1. The van der Waals surface area contributed by atoms with Gasteiger partial charge in [-0.15, -0.1) is 0 Å². The van der Waals surface area contributed by atoms with Gasteiger partial charge in [-0.3, -0.25) is 5.32 Å². The highest BCUT2D eigenvalue weighted by Crippen LogP contribution is 2.17. The number of hydrogen-bond acceptors (Lipinski definition) is 4. The van der Waals surface area contributed by atoms with Crippen LogP contribution in [-0.2, 0) is 24.4 Å². The zero-order valence-electron chi connectivity index (χ0n) is 12.2. The molecule has 0 aliphatic rings. The number of aliphatic hydroxyl groups excluding tert-OH is 2. The topological polar surface area (TPSA) is 78.8 Å². The van der Waals surface area contributed by atoms with Crippen molar-refractivity contribution < 1.29 is 19.7 Å². The lowest BCUT2D eigenvalue weighted by Crippen LogP contribution is -2.14. The van der Waals surface area contributed by atoms with Gasteiger partial charge in [-0.05, 0) is 35.2 Å². The standard InChI is InChI=1S/C17H19NO4/c19-9-8-14-6-7-16(10-15(14)11-20)18-17(21)22-12-13-4-2-1-3-5-13/h1-7,10,19-20H,8-9,11-12H2,(H,18,21). The van der Waals surface area contributed by atoms with Gasteiger partial charge in [0.25, 0.3) is 0 Å². The second-order valence-corrected chi connectivity index (χ2v) is 4.80. The van der Waals surface area contributed by atoms with Gasteiger partial charge in [0.05, 0.1) is 6.61 Å². The number of ether oxygens (including phenoxy) is 1. The van der Waals surface area contributed by atoms with Gasteiger partial charge in [0.1, 0.15) is 6.61 Å². The third-order valence-electron chi connectivity index (χ3n) is 3.22. The fourth-order valence-electron chi connectivity index (χ4n) is 2.09. The Hall–Kier alpha value is -2.37. The van der Waals surface area contributed by atoms with Crippen molar-refractivity contribution >= 4 is 11.8 Å². The van der Waals surface area contributed by atoms with Crippen LogP contribution in [0.5, 0.6) is 0 Å². The first-order chi connectivity index (χ1) is 10.7. The van der Waals surface area contributed by atoms with Gasteiger partial charge in [-0.2, -0.15) is 0 Å². The molecule has 0 aliphatic carbocycles. The first-order valence-electron chi connectivity index (χ1n) is 7.04. The monoisotopic (exact) mass is 301 g/mol. The van der Waals surface area contributed by atoms with Crippen molar-refractivity contribution in [3.8, 4) is 0 Å². The van der Waals surface area contributed by atoms with Gasteiger partial charge in [0, 0.05) is 12.3 Å². The lowest BCUT2D eigenvalue weighted by molar-refractivity contribution is 0.155. The maximum atomic E-state index is 11.8. The van der Waals surface area contributed by atoms with Gasteiger partial charge < -0.3 is 14.9 Å². The van der Waals surface area contributed by atoms with E-state index in [-0.39, 0.29) is 19.8 Å². The highest BCUT2D eigenvalue weighted by atomic mass is 16.5. The molecule has 0 saturated carbocycles. The molecule has 0 unspecified atom stereocenters. The fraction of sp³-hybridized carbons (Fsp3) is 0.235. The SMILES string of the molecule is O=C(Nc1ccc(CCO)c(CO)c1)OCc1ccccc1. The minimum atomic E-state index is -0.553. The van der Waals surface area contributed by atoms with Gasteiger partial charge in [0.2, 0.25) is 0 Å². The third kappa shape index (κ3) is 4.58. The molecule has 0 heterocycles. The summed E-state index contributed by atoms with van der Waals surface area (Å²) in [4.78, 5) is 11.8. The highest BCUT2D eigenvalue weighted by molar-refractivity contribution is 5.84. The van der Waals surface area contributed by atoms with E-state index in [0.29, 0.717) is 17.7 Å². The van der Waals surface area contributed by atoms with Gasteiger partial charge in [-0.1, -0.05) is 36.4 Å². The van der Waals surface area contributed by atoms with E-state index in [1.165, 1.54) is 0 Å². The van der Waals surface area contributed by atoms with Crippen LogP contribution in [0.3, 0.4) is 0 Å². The summed E-state index contributed by atoms with van der Waals surface area (Å²) in [6, 6.07) is 14.6. The van der Waals surface area contributed by atoms with Crippen LogP contribution in [0.4, 0.5) is 10.5 Å². The number of rotatable bonds is 6. The molecule has 116 valence electrons. The van der Waals surface area contributed by atoms with Crippen LogP contribution in [0.25, 0.3) is 0 Å². The number of benzene rings is 2. The number of nitrogens with one attached hydrogen (secondary N) is 1. The van der Waals surface area contributed by atoms with Gasteiger partial charge in [0.15, 0.2) is 0 Å². The molecule has 0 radical (unpaired) electrons. The zero-order valence-corrected chi connectivity index (χ0v) is 12.2. The Bertz CT molecular complexity index is 613. The van der Waals surface area contributed by atoms with E-state index in [1.807, 2.05) is 30.3 Å². The molecule has 2 aromatic carbocycles. The average Bonchev–Trinajstić information content (AvgIpc) is 2.55. The summed E-state index contributed by atoms with van der Waals surface area (Å²) < 4.78 is 5.13. The van der Waals surface area contributed by atoms with Crippen LogP contribution in [0.15, 0.2) is 48.5 Å². The second-order valence-electron chi connectivity index (χ2n) is 4.80.